The predicted octanol–water partition coefficient (Wildman–Crippen LogP) is 4.45. The Hall–Kier alpha value is -0.0400. The van der Waals surface area contributed by atoms with Crippen LogP contribution in [-0.2, 0) is 4.74 Å². The first kappa shape index (κ1) is 11.4. The van der Waals surface area contributed by atoms with Crippen LogP contribution in [0.4, 0.5) is 0 Å². The summed E-state index contributed by atoms with van der Waals surface area (Å²) in [6.45, 7) is 1.06. The summed E-state index contributed by atoms with van der Waals surface area (Å²) in [7, 11) is 0. The molecule has 1 aliphatic carbocycles. The van der Waals surface area contributed by atoms with Gasteiger partial charge in [0, 0.05) is 0 Å². The summed E-state index contributed by atoms with van der Waals surface area (Å²) >= 11 is 0. The Balaban J connectivity index is 1.69. The van der Waals surface area contributed by atoms with E-state index in [1.807, 2.05) is 0 Å². The van der Waals surface area contributed by atoms with Gasteiger partial charge in [0.15, 0.2) is 0 Å². The molecule has 15 heavy (non-hydrogen) atoms. The Morgan fingerprint density at radius 1 is 0.533 bits per heavy atom. The van der Waals surface area contributed by atoms with E-state index < -0.39 is 0 Å². The van der Waals surface area contributed by atoms with Gasteiger partial charge < -0.3 is 4.74 Å². The molecule has 2 aliphatic rings. The van der Waals surface area contributed by atoms with Crippen molar-refractivity contribution in [2.75, 3.05) is 6.61 Å². The molecule has 2 fully saturated rings. The number of hydrogen-bond acceptors (Lipinski definition) is 1. The van der Waals surface area contributed by atoms with Gasteiger partial charge in [-0.2, -0.15) is 0 Å². The van der Waals surface area contributed by atoms with Crippen molar-refractivity contribution in [2.45, 2.75) is 82.7 Å². The molecule has 1 heteroatoms. The molecule has 0 radical (unpaired) electrons. The van der Waals surface area contributed by atoms with Crippen molar-refractivity contribution in [3.8, 4) is 0 Å². The van der Waals surface area contributed by atoms with Crippen LogP contribution in [-0.4, -0.2) is 12.2 Å². The summed E-state index contributed by atoms with van der Waals surface area (Å²) in [5.41, 5.74) is 0.369. The van der Waals surface area contributed by atoms with Gasteiger partial charge in [-0.25, -0.2) is 0 Å². The van der Waals surface area contributed by atoms with E-state index in [0.717, 1.165) is 6.61 Å². The minimum Gasteiger partial charge on any atom is -0.370 e. The fraction of sp³-hybridized carbons (Fsp3) is 1.00. The molecule has 2 rings (SSSR count). The van der Waals surface area contributed by atoms with E-state index in [0.29, 0.717) is 5.60 Å². The van der Waals surface area contributed by atoms with Gasteiger partial charge in [0.05, 0.1) is 12.2 Å². The van der Waals surface area contributed by atoms with Crippen LogP contribution in [0.15, 0.2) is 0 Å². The zero-order valence-corrected chi connectivity index (χ0v) is 10.1. The standard InChI is InChI=1S/C14H26O/c1-2-4-6-8-10-12-14(13-15-14)11-9-7-5-3-1/h1-13H2. The van der Waals surface area contributed by atoms with Gasteiger partial charge >= 0.3 is 0 Å². The summed E-state index contributed by atoms with van der Waals surface area (Å²) < 4.78 is 5.67. The molecule has 0 aromatic carbocycles. The average molecular weight is 210 g/mol. The Kier molecular flexibility index (Phi) is 4.49. The van der Waals surface area contributed by atoms with Gasteiger partial charge in [0.2, 0.25) is 0 Å². The third kappa shape index (κ3) is 4.14. The maximum atomic E-state index is 5.67. The summed E-state index contributed by atoms with van der Waals surface area (Å²) in [5.74, 6) is 0. The van der Waals surface area contributed by atoms with Crippen molar-refractivity contribution >= 4 is 0 Å². The van der Waals surface area contributed by atoms with E-state index in [1.54, 1.807) is 0 Å². The highest BCUT2D eigenvalue weighted by Gasteiger charge is 2.42. The first-order valence-corrected chi connectivity index (χ1v) is 7.05. The van der Waals surface area contributed by atoms with Crippen molar-refractivity contribution in [2.24, 2.45) is 0 Å². The molecule has 0 bridgehead atoms. The molecule has 88 valence electrons. The van der Waals surface area contributed by atoms with Crippen LogP contribution < -0.4 is 0 Å². The van der Waals surface area contributed by atoms with Gasteiger partial charge in [-0.05, 0) is 12.8 Å². The predicted molar refractivity (Wildman–Crippen MR) is 64.1 cm³/mol. The third-order valence-electron chi connectivity index (χ3n) is 4.07. The number of rotatable bonds is 0. The Morgan fingerprint density at radius 2 is 0.867 bits per heavy atom. The highest BCUT2D eigenvalue weighted by Crippen LogP contribution is 2.38. The number of hydrogen-bond donors (Lipinski definition) is 0. The molecular formula is C14H26O. The van der Waals surface area contributed by atoms with Gasteiger partial charge in [-0.15, -0.1) is 0 Å². The number of epoxide rings is 1. The van der Waals surface area contributed by atoms with Crippen LogP contribution in [0.2, 0.25) is 0 Å². The molecule has 0 N–H and O–H groups in total. The van der Waals surface area contributed by atoms with Crippen molar-refractivity contribution in [1.29, 1.82) is 0 Å². The van der Waals surface area contributed by atoms with E-state index in [9.17, 15) is 0 Å². The molecule has 0 aromatic rings. The van der Waals surface area contributed by atoms with Gasteiger partial charge in [-0.3, -0.25) is 0 Å². The second-order valence-electron chi connectivity index (χ2n) is 5.51. The lowest BCUT2D eigenvalue weighted by Crippen LogP contribution is -2.10. The summed E-state index contributed by atoms with van der Waals surface area (Å²) in [6.07, 6.45) is 17.1. The Bertz CT molecular complexity index is 156. The van der Waals surface area contributed by atoms with E-state index in [4.69, 9.17) is 4.74 Å². The van der Waals surface area contributed by atoms with Crippen molar-refractivity contribution in [3.05, 3.63) is 0 Å². The fourth-order valence-corrected chi connectivity index (χ4v) is 2.82. The third-order valence-corrected chi connectivity index (χ3v) is 4.07. The number of ether oxygens (including phenoxy) is 1. The molecule has 1 saturated heterocycles. The monoisotopic (exact) mass is 210 g/mol. The highest BCUT2D eigenvalue weighted by molar-refractivity contribution is 4.91. The lowest BCUT2D eigenvalue weighted by Gasteiger charge is -2.10. The molecule has 1 heterocycles. The Morgan fingerprint density at radius 3 is 1.20 bits per heavy atom. The fourth-order valence-electron chi connectivity index (χ4n) is 2.82. The maximum Gasteiger partial charge on any atom is 0.0916 e. The average Bonchev–Trinajstić information content (AvgIpc) is 2.98. The topological polar surface area (TPSA) is 12.5 Å². The van der Waals surface area contributed by atoms with Crippen LogP contribution >= 0.6 is 0 Å². The minimum absolute atomic E-state index is 0.369. The molecule has 1 spiro atoms. The van der Waals surface area contributed by atoms with Gasteiger partial charge in [0.25, 0.3) is 0 Å². The van der Waals surface area contributed by atoms with E-state index in [-0.39, 0.29) is 0 Å². The smallest absolute Gasteiger partial charge is 0.0916 e. The molecule has 0 unspecified atom stereocenters. The largest absolute Gasteiger partial charge is 0.370 e. The van der Waals surface area contributed by atoms with E-state index >= 15 is 0 Å². The lowest BCUT2D eigenvalue weighted by atomic mass is 9.95. The molecule has 0 atom stereocenters. The van der Waals surface area contributed by atoms with Crippen molar-refractivity contribution in [1.82, 2.24) is 0 Å². The van der Waals surface area contributed by atoms with Crippen LogP contribution in [0, 0.1) is 0 Å². The van der Waals surface area contributed by atoms with Gasteiger partial charge in [-0.1, -0.05) is 64.2 Å². The lowest BCUT2D eigenvalue weighted by molar-refractivity contribution is 0.261. The molecule has 0 amide bonds. The maximum absolute atomic E-state index is 5.67. The normalized spacial score (nSPS) is 28.8. The molecule has 0 aromatic heterocycles. The minimum atomic E-state index is 0.369. The van der Waals surface area contributed by atoms with Crippen molar-refractivity contribution in [3.63, 3.8) is 0 Å². The quantitative estimate of drug-likeness (QED) is 0.538. The van der Waals surface area contributed by atoms with Crippen LogP contribution in [0.3, 0.4) is 0 Å². The van der Waals surface area contributed by atoms with Crippen LogP contribution in [0.25, 0.3) is 0 Å². The highest BCUT2D eigenvalue weighted by atomic mass is 16.6. The van der Waals surface area contributed by atoms with E-state index in [2.05, 4.69) is 0 Å². The van der Waals surface area contributed by atoms with Crippen LogP contribution in [0.5, 0.6) is 0 Å². The first-order valence-electron chi connectivity index (χ1n) is 7.05. The molecule has 1 saturated carbocycles. The zero-order chi connectivity index (χ0) is 10.4. The first-order chi connectivity index (χ1) is 7.41. The van der Waals surface area contributed by atoms with E-state index in [1.165, 1.54) is 77.0 Å². The molecular weight excluding hydrogens is 184 g/mol. The second-order valence-corrected chi connectivity index (χ2v) is 5.51. The molecule has 1 nitrogen and oxygen atoms in total. The van der Waals surface area contributed by atoms with Gasteiger partial charge in [0.1, 0.15) is 0 Å². The second kappa shape index (κ2) is 5.89. The Labute approximate surface area is 94.6 Å². The zero-order valence-electron chi connectivity index (χ0n) is 10.1. The summed E-state index contributed by atoms with van der Waals surface area (Å²) in [4.78, 5) is 0. The van der Waals surface area contributed by atoms with Crippen molar-refractivity contribution < 1.29 is 4.74 Å². The summed E-state index contributed by atoms with van der Waals surface area (Å²) in [5, 5.41) is 0. The SMILES string of the molecule is C1CCCCCCC2(CCCCC1)CO2. The molecule has 1 aliphatic heterocycles. The van der Waals surface area contributed by atoms with Crippen LogP contribution in [0.1, 0.15) is 77.0 Å². The summed E-state index contributed by atoms with van der Waals surface area (Å²) in [6, 6.07) is 0.